The molecule has 0 bridgehead atoms. The third-order valence-corrected chi connectivity index (χ3v) is 4.69. The van der Waals surface area contributed by atoms with Crippen molar-refractivity contribution in [2.45, 2.75) is 0 Å². The molecule has 130 valence electrons. The van der Waals surface area contributed by atoms with Crippen molar-refractivity contribution >= 4 is 35.0 Å². The van der Waals surface area contributed by atoms with Gasteiger partial charge in [0.25, 0.3) is 11.8 Å². The van der Waals surface area contributed by atoms with Gasteiger partial charge in [0.1, 0.15) is 5.82 Å². The second-order valence-corrected chi connectivity index (χ2v) is 6.53. The first kappa shape index (κ1) is 17.7. The minimum Gasteiger partial charge on any atom is -0.335 e. The lowest BCUT2D eigenvalue weighted by atomic mass is 10.1. The van der Waals surface area contributed by atoms with Gasteiger partial charge >= 0.3 is 0 Å². The van der Waals surface area contributed by atoms with Crippen LogP contribution in [-0.2, 0) is 0 Å². The summed E-state index contributed by atoms with van der Waals surface area (Å²) in [6, 6.07) is 10.8. The van der Waals surface area contributed by atoms with E-state index in [0.717, 1.165) is 0 Å². The van der Waals surface area contributed by atoms with Gasteiger partial charge in [-0.05, 0) is 36.4 Å². The number of carbonyl (C=O) groups excluding carboxylic acids is 2. The fourth-order valence-corrected chi connectivity index (χ4v) is 3.12. The highest BCUT2D eigenvalue weighted by molar-refractivity contribution is 6.33. The molecule has 0 N–H and O–H groups in total. The van der Waals surface area contributed by atoms with E-state index in [1.807, 2.05) is 0 Å². The van der Waals surface area contributed by atoms with Gasteiger partial charge < -0.3 is 9.80 Å². The maximum Gasteiger partial charge on any atom is 0.258 e. The Hall–Kier alpha value is -2.11. The van der Waals surface area contributed by atoms with E-state index in [0.29, 0.717) is 36.8 Å². The fraction of sp³-hybridized carbons (Fsp3) is 0.222. The van der Waals surface area contributed by atoms with Crippen LogP contribution in [0.25, 0.3) is 0 Å². The molecule has 0 spiro atoms. The van der Waals surface area contributed by atoms with Crippen molar-refractivity contribution in [1.29, 1.82) is 0 Å². The van der Waals surface area contributed by atoms with Crippen LogP contribution in [-0.4, -0.2) is 47.8 Å². The van der Waals surface area contributed by atoms with E-state index in [-0.39, 0.29) is 16.5 Å². The predicted octanol–water partition coefficient (Wildman–Crippen LogP) is 3.73. The molecular formula is C18H15Cl2FN2O2. The van der Waals surface area contributed by atoms with Gasteiger partial charge in [0.05, 0.1) is 10.6 Å². The average molecular weight is 381 g/mol. The number of rotatable bonds is 2. The molecule has 3 rings (SSSR count). The van der Waals surface area contributed by atoms with Crippen molar-refractivity contribution < 1.29 is 14.0 Å². The lowest BCUT2D eigenvalue weighted by Gasteiger charge is -2.35. The van der Waals surface area contributed by atoms with E-state index in [9.17, 15) is 14.0 Å². The van der Waals surface area contributed by atoms with Crippen molar-refractivity contribution in [1.82, 2.24) is 9.80 Å². The highest BCUT2D eigenvalue weighted by Crippen LogP contribution is 2.22. The van der Waals surface area contributed by atoms with E-state index in [4.69, 9.17) is 23.2 Å². The van der Waals surface area contributed by atoms with Crippen LogP contribution in [0.3, 0.4) is 0 Å². The Morgan fingerprint density at radius 3 is 1.96 bits per heavy atom. The second-order valence-electron chi connectivity index (χ2n) is 5.69. The highest BCUT2D eigenvalue weighted by atomic mass is 35.5. The molecule has 1 aliphatic rings. The van der Waals surface area contributed by atoms with E-state index in [1.54, 1.807) is 29.2 Å². The summed E-state index contributed by atoms with van der Waals surface area (Å²) < 4.78 is 13.9. The zero-order chi connectivity index (χ0) is 18.0. The third-order valence-electron chi connectivity index (χ3n) is 4.12. The molecule has 1 fully saturated rings. The van der Waals surface area contributed by atoms with Crippen LogP contribution in [0.15, 0.2) is 42.5 Å². The largest absolute Gasteiger partial charge is 0.335 e. The van der Waals surface area contributed by atoms with Gasteiger partial charge in [-0.25, -0.2) is 4.39 Å². The number of amides is 2. The lowest BCUT2D eigenvalue weighted by molar-refractivity contribution is 0.0533. The zero-order valence-electron chi connectivity index (χ0n) is 13.2. The van der Waals surface area contributed by atoms with Crippen molar-refractivity contribution in [3.8, 4) is 0 Å². The Morgan fingerprint density at radius 2 is 1.40 bits per heavy atom. The molecule has 0 atom stereocenters. The fourth-order valence-electron chi connectivity index (χ4n) is 2.75. The Bertz CT molecular complexity index is 783. The Labute approximate surface area is 154 Å². The van der Waals surface area contributed by atoms with E-state index < -0.39 is 11.7 Å². The maximum absolute atomic E-state index is 13.9. The summed E-state index contributed by atoms with van der Waals surface area (Å²) in [4.78, 5) is 28.1. The standard InChI is InChI=1S/C18H15Cl2FN2O2/c19-13-6-4-12(5-7-13)17(24)22-8-10-23(11-9-22)18(25)16-14(20)2-1-3-15(16)21/h1-7H,8-11H2. The summed E-state index contributed by atoms with van der Waals surface area (Å²) in [6.45, 7) is 1.39. The number of hydrogen-bond acceptors (Lipinski definition) is 2. The van der Waals surface area contributed by atoms with Gasteiger partial charge in [0, 0.05) is 36.8 Å². The van der Waals surface area contributed by atoms with Gasteiger partial charge in [-0.15, -0.1) is 0 Å². The van der Waals surface area contributed by atoms with Gasteiger partial charge in [0.15, 0.2) is 0 Å². The van der Waals surface area contributed by atoms with E-state index in [1.165, 1.54) is 23.1 Å². The number of nitrogens with zero attached hydrogens (tertiary/aromatic N) is 2. The van der Waals surface area contributed by atoms with Crippen LogP contribution in [0.4, 0.5) is 4.39 Å². The van der Waals surface area contributed by atoms with Crippen molar-refractivity contribution in [3.63, 3.8) is 0 Å². The third kappa shape index (κ3) is 3.78. The summed E-state index contributed by atoms with van der Waals surface area (Å²) in [5.41, 5.74) is 0.419. The molecule has 25 heavy (non-hydrogen) atoms. The van der Waals surface area contributed by atoms with Crippen LogP contribution in [0.2, 0.25) is 10.0 Å². The molecule has 0 aliphatic carbocycles. The summed E-state index contributed by atoms with van der Waals surface area (Å²) in [7, 11) is 0. The smallest absolute Gasteiger partial charge is 0.258 e. The molecule has 0 aromatic heterocycles. The molecule has 1 saturated heterocycles. The van der Waals surface area contributed by atoms with Crippen LogP contribution in [0.5, 0.6) is 0 Å². The molecule has 0 saturated carbocycles. The number of halogens is 3. The first-order chi connectivity index (χ1) is 12.0. The monoisotopic (exact) mass is 380 g/mol. The van der Waals surface area contributed by atoms with Gasteiger partial charge in [-0.3, -0.25) is 9.59 Å². The van der Waals surface area contributed by atoms with Crippen LogP contribution in [0, 0.1) is 5.82 Å². The van der Waals surface area contributed by atoms with E-state index in [2.05, 4.69) is 0 Å². The molecule has 2 aromatic rings. The SMILES string of the molecule is O=C(c1ccc(Cl)cc1)N1CCN(C(=O)c2c(F)cccc2Cl)CC1. The van der Waals surface area contributed by atoms with Gasteiger partial charge in [0.2, 0.25) is 0 Å². The molecule has 7 heteroatoms. The highest BCUT2D eigenvalue weighted by Gasteiger charge is 2.28. The minimum atomic E-state index is -0.642. The number of benzene rings is 2. The lowest BCUT2D eigenvalue weighted by Crippen LogP contribution is -2.50. The van der Waals surface area contributed by atoms with Crippen LogP contribution in [0.1, 0.15) is 20.7 Å². The predicted molar refractivity (Wildman–Crippen MR) is 94.7 cm³/mol. The molecule has 2 aromatic carbocycles. The molecule has 2 amide bonds. The topological polar surface area (TPSA) is 40.6 Å². The van der Waals surface area contributed by atoms with Crippen molar-refractivity contribution in [2.24, 2.45) is 0 Å². The van der Waals surface area contributed by atoms with Crippen molar-refractivity contribution in [2.75, 3.05) is 26.2 Å². The summed E-state index contributed by atoms with van der Waals surface area (Å²) in [6.07, 6.45) is 0. The van der Waals surface area contributed by atoms with E-state index >= 15 is 0 Å². The average Bonchev–Trinajstić information content (AvgIpc) is 2.61. The first-order valence-electron chi connectivity index (χ1n) is 7.75. The molecule has 0 radical (unpaired) electrons. The maximum atomic E-state index is 13.9. The quantitative estimate of drug-likeness (QED) is 0.796. The summed E-state index contributed by atoms with van der Waals surface area (Å²) in [5.74, 6) is -1.22. The molecule has 0 unspecified atom stereocenters. The Balaban J connectivity index is 1.66. The normalized spacial score (nSPS) is 14.5. The number of carbonyl (C=O) groups is 2. The Kier molecular flexibility index (Phi) is 5.25. The zero-order valence-corrected chi connectivity index (χ0v) is 14.7. The minimum absolute atomic E-state index is 0.0877. The summed E-state index contributed by atoms with van der Waals surface area (Å²) >= 11 is 11.8. The molecule has 1 heterocycles. The first-order valence-corrected chi connectivity index (χ1v) is 8.51. The second kappa shape index (κ2) is 7.42. The molecule has 4 nitrogen and oxygen atoms in total. The van der Waals surface area contributed by atoms with Crippen LogP contribution < -0.4 is 0 Å². The Morgan fingerprint density at radius 1 is 0.840 bits per heavy atom. The van der Waals surface area contributed by atoms with Crippen LogP contribution >= 0.6 is 23.2 Å². The number of hydrogen-bond donors (Lipinski definition) is 0. The number of piperazine rings is 1. The molecule has 1 aliphatic heterocycles. The van der Waals surface area contributed by atoms with Crippen molar-refractivity contribution in [3.05, 3.63) is 69.5 Å². The van der Waals surface area contributed by atoms with Gasteiger partial charge in [-0.2, -0.15) is 0 Å². The summed E-state index contributed by atoms with van der Waals surface area (Å²) in [5, 5.41) is 0.651. The molecular weight excluding hydrogens is 366 g/mol. The van der Waals surface area contributed by atoms with Gasteiger partial charge in [-0.1, -0.05) is 29.3 Å².